The number of hydrogen-bond donors (Lipinski definition) is 0. The number of furan rings is 1. The molecule has 5 heterocycles. The molecule has 7 nitrogen and oxygen atoms in total. The van der Waals surface area contributed by atoms with Gasteiger partial charge in [-0.2, -0.15) is 0 Å². The van der Waals surface area contributed by atoms with Crippen LogP contribution < -0.4 is 61.9 Å². The number of fused-ring (bicyclic) bond motifs is 11. The van der Waals surface area contributed by atoms with Gasteiger partial charge in [0.25, 0.3) is 13.4 Å². The molecule has 4 aliphatic heterocycles. The summed E-state index contributed by atoms with van der Waals surface area (Å²) in [6.07, 6.45) is 0. The molecule has 9 heteroatoms. The lowest BCUT2D eigenvalue weighted by Crippen LogP contribution is -2.59. The van der Waals surface area contributed by atoms with Crippen LogP contribution in [0.5, 0.6) is 23.0 Å². The van der Waals surface area contributed by atoms with Crippen molar-refractivity contribution in [2.24, 2.45) is 0 Å². The number of hydrogen-bond acceptors (Lipinski definition) is 7. The maximum absolute atomic E-state index is 7.32. The van der Waals surface area contributed by atoms with E-state index in [4.69, 9.17) is 13.9 Å². The molecule has 0 bridgehead atoms. The van der Waals surface area contributed by atoms with Crippen molar-refractivity contribution in [1.82, 2.24) is 0 Å². The van der Waals surface area contributed by atoms with Crippen molar-refractivity contribution in [1.29, 1.82) is 0 Å². The molecule has 13 aromatic rings. The smallest absolute Gasteiger partial charge is 0.256 e. The Morgan fingerprint density at radius 3 is 0.975 bits per heavy atom. The molecule has 0 spiro atoms. The molecule has 1 aromatic heterocycles. The minimum atomic E-state index is -0.148. The van der Waals surface area contributed by atoms with Crippen molar-refractivity contribution in [3.05, 3.63) is 279 Å². The highest BCUT2D eigenvalue weighted by atomic mass is 16.5. The van der Waals surface area contributed by atoms with E-state index in [9.17, 15) is 0 Å². The van der Waals surface area contributed by atoms with Crippen molar-refractivity contribution in [2.45, 2.75) is 0 Å². The van der Waals surface area contributed by atoms with Gasteiger partial charge in [-0.3, -0.25) is 0 Å². The molecule has 81 heavy (non-hydrogen) atoms. The summed E-state index contributed by atoms with van der Waals surface area (Å²) in [5.74, 6) is 3.15. The lowest BCUT2D eigenvalue weighted by atomic mass is 9.34. The second-order valence-electron chi connectivity index (χ2n) is 21.2. The van der Waals surface area contributed by atoms with Gasteiger partial charge in [-0.25, -0.2) is 0 Å². The molecule has 17 rings (SSSR count). The predicted molar refractivity (Wildman–Crippen MR) is 335 cm³/mol. The first-order chi connectivity index (χ1) is 40.2. The van der Waals surface area contributed by atoms with Crippen LogP contribution in [0.2, 0.25) is 0 Å². The molecule has 378 valence electrons. The zero-order valence-electron chi connectivity index (χ0n) is 43.7. The summed E-state index contributed by atoms with van der Waals surface area (Å²) in [7, 11) is 0. The van der Waals surface area contributed by atoms with Gasteiger partial charge in [-0.15, -0.1) is 0 Å². The SMILES string of the molecule is c1ccc(N(c2ccccc2)c2cc3c4c(c2)N(c2ccccc2)c2ccccc2B4c2cc4c(cc2O3)oc2cc3c(cc24)B2c4ccccc4N(c4ccccc4)c4cc(N(c5ccccc5)c5ccccc5)cc(c42)O3)cc1. The Balaban J connectivity index is 0.867. The molecule has 0 radical (unpaired) electrons. The van der Waals surface area contributed by atoms with Gasteiger partial charge in [0, 0.05) is 91.9 Å². The molecule has 0 atom stereocenters. The van der Waals surface area contributed by atoms with Gasteiger partial charge in [0.15, 0.2) is 0 Å². The van der Waals surface area contributed by atoms with Gasteiger partial charge in [-0.05, 0) is 130 Å². The highest BCUT2D eigenvalue weighted by molar-refractivity contribution is 7.00. The fourth-order valence-electron chi connectivity index (χ4n) is 13.3. The Morgan fingerprint density at radius 2 is 0.605 bits per heavy atom. The van der Waals surface area contributed by atoms with Crippen LogP contribution in [0.25, 0.3) is 21.9 Å². The van der Waals surface area contributed by atoms with Crippen molar-refractivity contribution >= 4 is 136 Å². The zero-order valence-corrected chi connectivity index (χ0v) is 43.7. The maximum Gasteiger partial charge on any atom is 0.256 e. The van der Waals surface area contributed by atoms with Crippen molar-refractivity contribution in [2.75, 3.05) is 19.6 Å². The first-order valence-electron chi connectivity index (χ1n) is 27.6. The second-order valence-corrected chi connectivity index (χ2v) is 21.2. The zero-order chi connectivity index (χ0) is 53.1. The van der Waals surface area contributed by atoms with E-state index in [1.807, 2.05) is 0 Å². The van der Waals surface area contributed by atoms with Crippen LogP contribution in [0.4, 0.5) is 68.2 Å². The van der Waals surface area contributed by atoms with Gasteiger partial charge < -0.3 is 33.5 Å². The molecule has 12 aromatic carbocycles. The average Bonchev–Trinajstić information content (AvgIpc) is 3.72. The van der Waals surface area contributed by atoms with Crippen LogP contribution >= 0.6 is 0 Å². The van der Waals surface area contributed by atoms with Crippen molar-refractivity contribution in [3.63, 3.8) is 0 Å². The van der Waals surface area contributed by atoms with Gasteiger partial charge >= 0.3 is 0 Å². The van der Waals surface area contributed by atoms with E-state index < -0.39 is 0 Å². The van der Waals surface area contributed by atoms with E-state index in [1.54, 1.807) is 0 Å². The molecular weight excluding hydrogens is 990 g/mol. The number of para-hydroxylation sites is 8. The monoisotopic (exact) mass is 1040 g/mol. The summed E-state index contributed by atoms with van der Waals surface area (Å²) >= 11 is 0. The Morgan fingerprint density at radius 1 is 0.272 bits per heavy atom. The van der Waals surface area contributed by atoms with Crippen LogP contribution in [0.3, 0.4) is 0 Å². The number of anilines is 12. The van der Waals surface area contributed by atoms with Crippen LogP contribution in [0.1, 0.15) is 0 Å². The lowest BCUT2D eigenvalue weighted by molar-refractivity contribution is 0.486. The van der Waals surface area contributed by atoms with Gasteiger partial charge in [-0.1, -0.05) is 158 Å². The fraction of sp³-hybridized carbons (Fsp3) is 0. The summed E-state index contributed by atoms with van der Waals surface area (Å²) in [6, 6.07) is 99.5. The predicted octanol–water partition coefficient (Wildman–Crippen LogP) is 15.3. The second kappa shape index (κ2) is 18.0. The summed E-state index contributed by atoms with van der Waals surface area (Å²) < 4.78 is 21.7. The van der Waals surface area contributed by atoms with E-state index in [2.05, 4.69) is 299 Å². The minimum Gasteiger partial charge on any atom is -0.458 e. The first kappa shape index (κ1) is 45.4. The van der Waals surface area contributed by atoms with Crippen molar-refractivity contribution < 1.29 is 13.9 Å². The van der Waals surface area contributed by atoms with E-state index in [0.717, 1.165) is 135 Å². The summed E-state index contributed by atoms with van der Waals surface area (Å²) in [5.41, 5.74) is 21.0. The van der Waals surface area contributed by atoms with Crippen molar-refractivity contribution in [3.8, 4) is 23.0 Å². The fourth-order valence-corrected chi connectivity index (χ4v) is 13.3. The summed E-state index contributed by atoms with van der Waals surface area (Å²) in [5, 5.41) is 2.05. The minimum absolute atomic E-state index is 0.148. The maximum atomic E-state index is 7.32. The highest BCUT2D eigenvalue weighted by Crippen LogP contribution is 2.49. The summed E-state index contributed by atoms with van der Waals surface area (Å²) in [6.45, 7) is -0.296. The summed E-state index contributed by atoms with van der Waals surface area (Å²) in [4.78, 5) is 9.45. The number of benzene rings is 12. The van der Waals surface area contributed by atoms with Crippen LogP contribution in [-0.2, 0) is 0 Å². The third kappa shape index (κ3) is 7.05. The van der Waals surface area contributed by atoms with Crippen LogP contribution in [0, 0.1) is 0 Å². The third-order valence-corrected chi connectivity index (χ3v) is 16.6. The van der Waals surface area contributed by atoms with Gasteiger partial charge in [0.05, 0.1) is 11.4 Å². The molecule has 0 amide bonds. The molecular formula is C72H46B2N4O3. The topological polar surface area (TPSA) is 44.6 Å². The molecule has 0 saturated heterocycles. The molecule has 0 aliphatic carbocycles. The molecule has 0 N–H and O–H groups in total. The van der Waals surface area contributed by atoms with E-state index >= 15 is 0 Å². The molecule has 0 saturated carbocycles. The van der Waals surface area contributed by atoms with Gasteiger partial charge in [0.1, 0.15) is 34.2 Å². The Hall–Kier alpha value is -10.6. The van der Waals surface area contributed by atoms with E-state index in [0.29, 0.717) is 0 Å². The van der Waals surface area contributed by atoms with Gasteiger partial charge in [0.2, 0.25) is 0 Å². The van der Waals surface area contributed by atoms with E-state index in [-0.39, 0.29) is 13.4 Å². The Kier molecular flexibility index (Phi) is 10.1. The number of nitrogens with zero attached hydrogens (tertiary/aromatic N) is 4. The molecule has 0 fully saturated rings. The average molecular weight is 1040 g/mol. The third-order valence-electron chi connectivity index (χ3n) is 16.6. The Labute approximate surface area is 469 Å². The Bertz CT molecular complexity index is 4250. The number of ether oxygens (including phenoxy) is 2. The largest absolute Gasteiger partial charge is 0.458 e. The lowest BCUT2D eigenvalue weighted by Gasteiger charge is -2.41. The number of rotatable bonds is 8. The normalized spacial score (nSPS) is 13.0. The first-order valence-corrected chi connectivity index (χ1v) is 27.6. The van der Waals surface area contributed by atoms with Crippen LogP contribution in [-0.4, -0.2) is 13.4 Å². The molecule has 4 aliphatic rings. The van der Waals surface area contributed by atoms with E-state index in [1.165, 1.54) is 10.9 Å². The standard InChI is InChI=1S/C72H46B2N4O3/c1-7-23-47(24-8-1)75(48-25-9-2-10-26-48)53-39-63-71-69(41-53)80-67-45-65-55(43-59(67)73(71)57-35-19-21-37-61(57)77(63)51-31-15-5-16-32-51)56-44-60-68(46-66(56)79-65)81-70-42-54(76(49-27-11-3-12-28-49)50-29-13-4-14-30-50)40-64-72(70)74(60)58-36-20-22-38-62(58)78(64)52-33-17-6-18-34-52/h1-46H. The highest BCUT2D eigenvalue weighted by Gasteiger charge is 2.45. The van der Waals surface area contributed by atoms with Crippen LogP contribution in [0.15, 0.2) is 283 Å². The quantitative estimate of drug-likeness (QED) is 0.141. The molecule has 0 unspecified atom stereocenters.